The predicted molar refractivity (Wildman–Crippen MR) is 110 cm³/mol. The van der Waals surface area contributed by atoms with Crippen molar-refractivity contribution in [1.82, 2.24) is 20.6 Å². The lowest BCUT2D eigenvalue weighted by Crippen LogP contribution is -2.55. The van der Waals surface area contributed by atoms with Crippen LogP contribution in [0.1, 0.15) is 23.7 Å². The SMILES string of the molecule is CCC(NC(=O)c1ccc2c(-c3ccc(N)nc3)c[nH]c2c1)C1COCCN1. The molecule has 1 aliphatic heterocycles. The van der Waals surface area contributed by atoms with Gasteiger partial charge >= 0.3 is 0 Å². The fraction of sp³-hybridized carbons (Fsp3) is 0.333. The summed E-state index contributed by atoms with van der Waals surface area (Å²) in [5.41, 5.74) is 9.23. The number of morpholine rings is 1. The summed E-state index contributed by atoms with van der Waals surface area (Å²) in [7, 11) is 0. The number of pyridine rings is 1. The number of carbonyl (C=O) groups is 1. The lowest BCUT2D eigenvalue weighted by atomic mass is 10.0. The minimum atomic E-state index is -0.0774. The second-order valence-electron chi connectivity index (χ2n) is 7.06. The number of aromatic amines is 1. The summed E-state index contributed by atoms with van der Waals surface area (Å²) in [6.07, 6.45) is 4.52. The molecule has 4 rings (SSSR count). The highest BCUT2D eigenvalue weighted by Crippen LogP contribution is 2.29. The Bertz CT molecular complexity index is 961. The van der Waals surface area contributed by atoms with Gasteiger partial charge in [-0.2, -0.15) is 0 Å². The summed E-state index contributed by atoms with van der Waals surface area (Å²) in [5, 5.41) is 7.60. The standard InChI is InChI=1S/C21H25N5O2/c1-2-17(19-12-28-8-7-23-19)26-21(27)13-3-5-15-16(11-24-18(15)9-13)14-4-6-20(22)25-10-14/h3-6,9-11,17,19,23-24H,2,7-8,12H2,1H3,(H2,22,25)(H,26,27). The van der Waals surface area contributed by atoms with Crippen molar-refractivity contribution in [3.8, 4) is 11.1 Å². The highest BCUT2D eigenvalue weighted by atomic mass is 16.5. The summed E-state index contributed by atoms with van der Waals surface area (Å²) >= 11 is 0. The van der Waals surface area contributed by atoms with Gasteiger partial charge in [0.25, 0.3) is 5.91 Å². The topological polar surface area (TPSA) is 105 Å². The molecule has 7 nitrogen and oxygen atoms in total. The van der Waals surface area contributed by atoms with Crippen LogP contribution in [0, 0.1) is 0 Å². The summed E-state index contributed by atoms with van der Waals surface area (Å²) in [6, 6.07) is 9.61. The van der Waals surface area contributed by atoms with Crippen LogP contribution >= 0.6 is 0 Å². The number of benzene rings is 1. The third-order valence-electron chi connectivity index (χ3n) is 5.23. The number of nitrogens with two attached hydrogens (primary N) is 1. The van der Waals surface area contributed by atoms with E-state index in [2.05, 4.69) is 27.5 Å². The van der Waals surface area contributed by atoms with E-state index >= 15 is 0 Å². The van der Waals surface area contributed by atoms with Crippen molar-refractivity contribution in [2.24, 2.45) is 0 Å². The molecular formula is C21H25N5O2. The maximum Gasteiger partial charge on any atom is 0.251 e. The number of rotatable bonds is 5. The number of fused-ring (bicyclic) bond motifs is 1. The summed E-state index contributed by atoms with van der Waals surface area (Å²) in [4.78, 5) is 20.2. The number of ether oxygens (including phenoxy) is 1. The van der Waals surface area contributed by atoms with Crippen LogP contribution in [0.5, 0.6) is 0 Å². The van der Waals surface area contributed by atoms with E-state index in [1.165, 1.54) is 0 Å². The molecule has 0 spiro atoms. The number of H-pyrrole nitrogens is 1. The van der Waals surface area contributed by atoms with Crippen molar-refractivity contribution in [1.29, 1.82) is 0 Å². The molecule has 1 saturated heterocycles. The molecule has 5 N–H and O–H groups in total. The van der Waals surface area contributed by atoms with Crippen molar-refractivity contribution in [2.75, 3.05) is 25.5 Å². The Morgan fingerprint density at radius 2 is 2.29 bits per heavy atom. The Balaban J connectivity index is 1.54. The molecule has 1 fully saturated rings. The predicted octanol–water partition coefficient (Wildman–Crippen LogP) is 2.31. The van der Waals surface area contributed by atoms with Gasteiger partial charge in [-0.3, -0.25) is 4.79 Å². The first-order valence-corrected chi connectivity index (χ1v) is 9.60. The van der Waals surface area contributed by atoms with Gasteiger partial charge in [0.05, 0.1) is 19.3 Å². The van der Waals surface area contributed by atoms with Crippen molar-refractivity contribution in [3.05, 3.63) is 48.3 Å². The molecule has 1 amide bonds. The fourth-order valence-electron chi connectivity index (χ4n) is 3.65. The zero-order chi connectivity index (χ0) is 19.5. The van der Waals surface area contributed by atoms with Crippen molar-refractivity contribution in [3.63, 3.8) is 0 Å². The molecule has 3 aromatic rings. The molecule has 0 radical (unpaired) electrons. The molecule has 28 heavy (non-hydrogen) atoms. The maximum absolute atomic E-state index is 12.8. The van der Waals surface area contributed by atoms with Crippen LogP contribution < -0.4 is 16.4 Å². The number of nitrogens with zero attached hydrogens (tertiary/aromatic N) is 1. The molecule has 1 aromatic carbocycles. The Morgan fingerprint density at radius 1 is 1.39 bits per heavy atom. The third kappa shape index (κ3) is 3.72. The Kier molecular flexibility index (Phi) is 5.27. The van der Waals surface area contributed by atoms with E-state index in [0.717, 1.165) is 41.6 Å². The first-order valence-electron chi connectivity index (χ1n) is 9.60. The largest absolute Gasteiger partial charge is 0.384 e. The van der Waals surface area contributed by atoms with E-state index in [9.17, 15) is 4.79 Å². The van der Waals surface area contributed by atoms with Gasteiger partial charge < -0.3 is 26.1 Å². The van der Waals surface area contributed by atoms with Gasteiger partial charge in [0, 0.05) is 52.6 Å². The smallest absolute Gasteiger partial charge is 0.251 e. The van der Waals surface area contributed by atoms with E-state index in [4.69, 9.17) is 10.5 Å². The van der Waals surface area contributed by atoms with Gasteiger partial charge in [-0.05, 0) is 30.7 Å². The molecule has 0 aliphatic carbocycles. The van der Waals surface area contributed by atoms with Crippen LogP contribution in [-0.4, -0.2) is 47.7 Å². The fourth-order valence-corrected chi connectivity index (χ4v) is 3.65. The minimum absolute atomic E-state index is 0.0311. The molecule has 2 unspecified atom stereocenters. The Morgan fingerprint density at radius 3 is 3.00 bits per heavy atom. The monoisotopic (exact) mass is 379 g/mol. The van der Waals surface area contributed by atoms with Crippen LogP contribution in [0.4, 0.5) is 5.82 Å². The van der Waals surface area contributed by atoms with Crippen LogP contribution in [0.2, 0.25) is 0 Å². The molecule has 1 aliphatic rings. The second-order valence-corrected chi connectivity index (χ2v) is 7.06. The van der Waals surface area contributed by atoms with Crippen LogP contribution in [0.3, 0.4) is 0 Å². The molecule has 146 valence electrons. The molecule has 0 saturated carbocycles. The zero-order valence-corrected chi connectivity index (χ0v) is 15.9. The van der Waals surface area contributed by atoms with Gasteiger partial charge in [-0.1, -0.05) is 13.0 Å². The number of aromatic nitrogens is 2. The van der Waals surface area contributed by atoms with E-state index < -0.39 is 0 Å². The number of nitrogens with one attached hydrogen (secondary N) is 3. The average Bonchev–Trinajstić information content (AvgIpc) is 3.16. The highest BCUT2D eigenvalue weighted by molar-refractivity contribution is 6.02. The van der Waals surface area contributed by atoms with Crippen LogP contribution in [0.15, 0.2) is 42.7 Å². The lowest BCUT2D eigenvalue weighted by Gasteiger charge is -2.31. The third-order valence-corrected chi connectivity index (χ3v) is 5.23. The minimum Gasteiger partial charge on any atom is -0.384 e. The highest BCUT2D eigenvalue weighted by Gasteiger charge is 2.24. The van der Waals surface area contributed by atoms with Gasteiger partial charge in [0.1, 0.15) is 5.82 Å². The quantitative estimate of drug-likeness (QED) is 0.544. The zero-order valence-electron chi connectivity index (χ0n) is 15.9. The summed E-state index contributed by atoms with van der Waals surface area (Å²) in [6.45, 7) is 4.22. The van der Waals surface area contributed by atoms with Gasteiger partial charge in [0.2, 0.25) is 0 Å². The number of nitrogen functional groups attached to an aromatic ring is 1. The summed E-state index contributed by atoms with van der Waals surface area (Å²) in [5.74, 6) is 0.414. The Hall–Kier alpha value is -2.90. The number of hydrogen-bond donors (Lipinski definition) is 4. The average molecular weight is 379 g/mol. The maximum atomic E-state index is 12.8. The number of hydrogen-bond acceptors (Lipinski definition) is 5. The first kappa shape index (κ1) is 18.5. The van der Waals surface area contributed by atoms with Gasteiger partial charge in [0.15, 0.2) is 0 Å². The van der Waals surface area contributed by atoms with E-state index in [1.807, 2.05) is 30.5 Å². The van der Waals surface area contributed by atoms with Gasteiger partial charge in [-0.25, -0.2) is 4.98 Å². The second kappa shape index (κ2) is 8.00. The van der Waals surface area contributed by atoms with Gasteiger partial charge in [-0.15, -0.1) is 0 Å². The van der Waals surface area contributed by atoms with E-state index in [-0.39, 0.29) is 18.0 Å². The number of carbonyl (C=O) groups excluding carboxylic acids is 1. The van der Waals surface area contributed by atoms with Crippen molar-refractivity contribution < 1.29 is 9.53 Å². The molecule has 2 aromatic heterocycles. The molecule has 0 bridgehead atoms. The van der Waals surface area contributed by atoms with Crippen molar-refractivity contribution in [2.45, 2.75) is 25.4 Å². The lowest BCUT2D eigenvalue weighted by molar-refractivity contribution is 0.0600. The number of anilines is 1. The first-order chi connectivity index (χ1) is 13.7. The normalized spacial score (nSPS) is 18.1. The number of amides is 1. The molecule has 7 heteroatoms. The van der Waals surface area contributed by atoms with Crippen LogP contribution in [0.25, 0.3) is 22.0 Å². The molecule has 2 atom stereocenters. The van der Waals surface area contributed by atoms with E-state index in [1.54, 1.807) is 12.3 Å². The Labute approximate surface area is 163 Å². The summed E-state index contributed by atoms with van der Waals surface area (Å²) < 4.78 is 5.53. The van der Waals surface area contributed by atoms with E-state index in [0.29, 0.717) is 18.0 Å². The van der Waals surface area contributed by atoms with Crippen molar-refractivity contribution >= 4 is 22.6 Å². The molecule has 3 heterocycles. The molecular weight excluding hydrogens is 354 g/mol. The van der Waals surface area contributed by atoms with Crippen LogP contribution in [-0.2, 0) is 4.74 Å².